The summed E-state index contributed by atoms with van der Waals surface area (Å²) in [4.78, 5) is 12.9. The molecule has 2 aromatic rings. The summed E-state index contributed by atoms with van der Waals surface area (Å²) in [5, 5.41) is 5.49. The van der Waals surface area contributed by atoms with E-state index in [9.17, 15) is 9.36 Å². The highest BCUT2D eigenvalue weighted by atomic mass is 32.7. The summed E-state index contributed by atoms with van der Waals surface area (Å²) in [6, 6.07) is 16.2. The molecule has 1 aliphatic rings. The third-order valence-corrected chi connectivity index (χ3v) is 6.42. The van der Waals surface area contributed by atoms with Crippen molar-refractivity contribution in [2.75, 3.05) is 5.09 Å². The van der Waals surface area contributed by atoms with E-state index in [1.807, 2.05) is 30.3 Å². The van der Waals surface area contributed by atoms with Gasteiger partial charge < -0.3 is 5.09 Å². The van der Waals surface area contributed by atoms with E-state index in [-0.39, 0.29) is 5.91 Å². The van der Waals surface area contributed by atoms with Crippen LogP contribution in [0.2, 0.25) is 0 Å². The number of rotatable bonds is 2. The molecular weight excluding hydrogens is 279 g/mol. The maximum absolute atomic E-state index is 12.6. The molecule has 19 heavy (non-hydrogen) atoms. The molecule has 0 aromatic heterocycles. The average Bonchev–Trinajstić information content (AvgIpc) is 2.75. The van der Waals surface area contributed by atoms with E-state index in [1.165, 1.54) is 11.4 Å². The number of para-hydroxylation sites is 1. The van der Waals surface area contributed by atoms with Crippen molar-refractivity contribution in [1.29, 1.82) is 0 Å². The Balaban J connectivity index is 1.79. The first-order chi connectivity index (χ1) is 9.16. The zero-order valence-corrected chi connectivity index (χ0v) is 11.6. The van der Waals surface area contributed by atoms with Crippen molar-refractivity contribution >= 4 is 29.6 Å². The van der Waals surface area contributed by atoms with Crippen LogP contribution in [0.3, 0.4) is 0 Å². The van der Waals surface area contributed by atoms with Gasteiger partial charge in [0.05, 0.1) is 5.69 Å². The highest BCUT2D eigenvalue weighted by Gasteiger charge is 2.33. The first kappa shape index (κ1) is 12.3. The van der Waals surface area contributed by atoms with Crippen molar-refractivity contribution in [1.82, 2.24) is 5.09 Å². The summed E-state index contributed by atoms with van der Waals surface area (Å²) in [7, 11) is 0. The maximum Gasteiger partial charge on any atom is 0.321 e. The summed E-state index contributed by atoms with van der Waals surface area (Å²) >= 11 is 1.17. The van der Waals surface area contributed by atoms with Gasteiger partial charge in [-0.05, 0) is 35.6 Å². The molecule has 0 saturated heterocycles. The smallest absolute Gasteiger partial charge is 0.311 e. The van der Waals surface area contributed by atoms with Gasteiger partial charge in [-0.1, -0.05) is 30.3 Å². The van der Waals surface area contributed by atoms with Crippen molar-refractivity contribution in [2.45, 2.75) is 4.90 Å². The molecule has 0 bridgehead atoms. The molecule has 1 aliphatic heterocycles. The molecule has 1 heterocycles. The molecule has 6 heteroatoms. The van der Waals surface area contributed by atoms with Gasteiger partial charge in [0.1, 0.15) is 0 Å². The number of carbonyl (C=O) groups is 1. The Morgan fingerprint density at radius 2 is 1.74 bits per heavy atom. The second-order valence-corrected chi connectivity index (χ2v) is 8.32. The number of hydrogen-bond acceptors (Lipinski definition) is 3. The lowest BCUT2D eigenvalue weighted by Crippen LogP contribution is -2.20. The zero-order chi connectivity index (χ0) is 13.3. The summed E-state index contributed by atoms with van der Waals surface area (Å²) < 4.78 is 12.6. The molecule has 3 rings (SSSR count). The summed E-state index contributed by atoms with van der Waals surface area (Å²) in [6.07, 6.45) is 0. The first-order valence-electron chi connectivity index (χ1n) is 5.71. The predicted octanol–water partition coefficient (Wildman–Crippen LogP) is 3.74. The van der Waals surface area contributed by atoms with Gasteiger partial charge in [0.15, 0.2) is 0 Å². The van der Waals surface area contributed by atoms with Gasteiger partial charge in [0.25, 0.3) is 5.91 Å². The minimum atomic E-state index is -3.01. The van der Waals surface area contributed by atoms with Crippen molar-refractivity contribution in [3.63, 3.8) is 0 Å². The van der Waals surface area contributed by atoms with Crippen LogP contribution in [0.15, 0.2) is 59.5 Å². The van der Waals surface area contributed by atoms with Crippen LogP contribution in [0.1, 0.15) is 10.4 Å². The molecule has 2 aromatic carbocycles. The molecular formula is C13H11N2O2PS. The lowest BCUT2D eigenvalue weighted by molar-refractivity contribution is 0.0981. The fourth-order valence-corrected chi connectivity index (χ4v) is 5.69. The second-order valence-electron chi connectivity index (χ2n) is 4.06. The third-order valence-electron chi connectivity index (χ3n) is 2.67. The first-order valence-corrected chi connectivity index (χ1v) is 8.84. The van der Waals surface area contributed by atoms with Gasteiger partial charge in [0, 0.05) is 10.5 Å². The van der Waals surface area contributed by atoms with Crippen LogP contribution in [-0.4, -0.2) is 5.91 Å². The number of nitrogens with one attached hydrogen (secondary N) is 2. The standard InChI is InChI=1S/C13H11N2O2PS/c16-13(10-6-2-1-3-7-10)15-18(17)14-11-8-4-5-9-12(11)19-18/h1-9H,(H2,14,15,16,17). The normalized spacial score (nSPS) is 20.4. The third kappa shape index (κ3) is 2.53. The van der Waals surface area contributed by atoms with Crippen LogP contribution in [0.4, 0.5) is 5.69 Å². The molecule has 0 radical (unpaired) electrons. The van der Waals surface area contributed by atoms with E-state index in [2.05, 4.69) is 10.2 Å². The summed E-state index contributed by atoms with van der Waals surface area (Å²) in [5.41, 5.74) is 1.29. The lowest BCUT2D eigenvalue weighted by atomic mass is 10.2. The molecule has 0 aliphatic carbocycles. The van der Waals surface area contributed by atoms with Crippen LogP contribution >= 0.6 is 18.0 Å². The molecule has 4 nitrogen and oxygen atoms in total. The Morgan fingerprint density at radius 1 is 1.05 bits per heavy atom. The lowest BCUT2D eigenvalue weighted by Gasteiger charge is -2.12. The topological polar surface area (TPSA) is 58.2 Å². The van der Waals surface area contributed by atoms with Gasteiger partial charge in [-0.3, -0.25) is 14.4 Å². The predicted molar refractivity (Wildman–Crippen MR) is 77.4 cm³/mol. The average molecular weight is 290 g/mol. The van der Waals surface area contributed by atoms with Crippen LogP contribution in [0.5, 0.6) is 0 Å². The van der Waals surface area contributed by atoms with Gasteiger partial charge in [0.2, 0.25) is 0 Å². The monoisotopic (exact) mass is 290 g/mol. The molecule has 0 saturated carbocycles. The number of hydrogen-bond donors (Lipinski definition) is 2. The Morgan fingerprint density at radius 3 is 2.47 bits per heavy atom. The fraction of sp³-hybridized carbons (Fsp3) is 0. The van der Waals surface area contributed by atoms with Crippen molar-refractivity contribution in [2.24, 2.45) is 0 Å². The van der Waals surface area contributed by atoms with Gasteiger partial charge in [-0.2, -0.15) is 0 Å². The summed E-state index contributed by atoms with van der Waals surface area (Å²) in [5.74, 6) is -0.336. The van der Waals surface area contributed by atoms with E-state index < -0.39 is 6.65 Å². The molecule has 1 amide bonds. The number of carbonyl (C=O) groups excluding carboxylic acids is 1. The number of anilines is 1. The molecule has 96 valence electrons. The van der Waals surface area contributed by atoms with Crippen molar-refractivity contribution < 1.29 is 9.36 Å². The number of amides is 1. The van der Waals surface area contributed by atoms with E-state index in [4.69, 9.17) is 0 Å². The van der Waals surface area contributed by atoms with Crippen molar-refractivity contribution in [3.8, 4) is 0 Å². The Bertz CT molecular complexity index is 646. The molecule has 2 N–H and O–H groups in total. The molecule has 0 spiro atoms. The molecule has 1 unspecified atom stereocenters. The highest BCUT2D eigenvalue weighted by Crippen LogP contribution is 2.65. The van der Waals surface area contributed by atoms with E-state index in [0.717, 1.165) is 10.6 Å². The largest absolute Gasteiger partial charge is 0.321 e. The minimum Gasteiger partial charge on any atom is -0.311 e. The van der Waals surface area contributed by atoms with Crippen LogP contribution < -0.4 is 10.2 Å². The van der Waals surface area contributed by atoms with Crippen LogP contribution in [0.25, 0.3) is 0 Å². The van der Waals surface area contributed by atoms with Gasteiger partial charge >= 0.3 is 6.65 Å². The molecule has 1 atom stereocenters. The Kier molecular flexibility index (Phi) is 3.09. The van der Waals surface area contributed by atoms with Crippen molar-refractivity contribution in [3.05, 3.63) is 60.2 Å². The zero-order valence-electron chi connectivity index (χ0n) is 9.87. The van der Waals surface area contributed by atoms with E-state index >= 15 is 0 Å². The maximum atomic E-state index is 12.6. The van der Waals surface area contributed by atoms with Crippen LogP contribution in [-0.2, 0) is 4.57 Å². The fourth-order valence-electron chi connectivity index (χ4n) is 1.80. The SMILES string of the molecule is O=C(NP1(=O)Nc2ccccc2S1)c1ccccc1. The number of benzene rings is 2. The quantitative estimate of drug-likeness (QED) is 0.827. The highest BCUT2D eigenvalue weighted by molar-refractivity contribution is 8.58. The van der Waals surface area contributed by atoms with E-state index in [1.54, 1.807) is 24.3 Å². The molecule has 0 fully saturated rings. The van der Waals surface area contributed by atoms with Gasteiger partial charge in [-0.15, -0.1) is 0 Å². The summed E-state index contributed by atoms with van der Waals surface area (Å²) in [6.45, 7) is -3.01. The number of fused-ring (bicyclic) bond motifs is 1. The Labute approximate surface area is 114 Å². The van der Waals surface area contributed by atoms with E-state index in [0.29, 0.717) is 5.56 Å². The minimum absolute atomic E-state index is 0.336. The van der Waals surface area contributed by atoms with Gasteiger partial charge in [-0.25, -0.2) is 0 Å². The van der Waals surface area contributed by atoms with Crippen LogP contribution in [0, 0.1) is 0 Å². The second kappa shape index (κ2) is 4.76. The Hall–Kier alpha value is -1.71.